The number of benzene rings is 3. The molecular weight excluding hydrogens is 488 g/mol. The Bertz CT molecular complexity index is 1240. The van der Waals surface area contributed by atoms with Crippen LogP contribution in [0.15, 0.2) is 82.4 Å². The van der Waals surface area contributed by atoms with Crippen molar-refractivity contribution in [2.24, 2.45) is 0 Å². The first-order valence-electron chi connectivity index (χ1n) is 9.90. The third-order valence-corrected chi connectivity index (χ3v) is 6.37. The van der Waals surface area contributed by atoms with Gasteiger partial charge in [-0.25, -0.2) is 0 Å². The molecule has 0 spiro atoms. The second-order valence-corrected chi connectivity index (χ2v) is 8.79. The minimum absolute atomic E-state index is 0.126. The summed E-state index contributed by atoms with van der Waals surface area (Å²) in [6.45, 7) is 2.04. The minimum Gasteiger partial charge on any atom is -0.496 e. The van der Waals surface area contributed by atoms with Gasteiger partial charge in [-0.2, -0.15) is 0 Å². The zero-order chi connectivity index (χ0) is 22.5. The van der Waals surface area contributed by atoms with E-state index in [-0.39, 0.29) is 11.7 Å². The Kier molecular flexibility index (Phi) is 6.92. The molecule has 0 unspecified atom stereocenters. The van der Waals surface area contributed by atoms with E-state index in [1.54, 1.807) is 7.11 Å². The van der Waals surface area contributed by atoms with Gasteiger partial charge in [0, 0.05) is 10.2 Å². The van der Waals surface area contributed by atoms with Crippen molar-refractivity contribution in [2.45, 2.75) is 12.1 Å². The molecule has 6 nitrogen and oxygen atoms in total. The molecular formula is C24H21BrN4O2S. The van der Waals surface area contributed by atoms with E-state index < -0.39 is 0 Å². The fourth-order valence-corrected chi connectivity index (χ4v) is 4.31. The molecule has 4 aromatic rings. The summed E-state index contributed by atoms with van der Waals surface area (Å²) in [6.07, 6.45) is 0. The number of carbonyl (C=O) groups excluding carboxylic acids is 1. The van der Waals surface area contributed by atoms with Gasteiger partial charge in [0.15, 0.2) is 11.0 Å². The van der Waals surface area contributed by atoms with Crippen molar-refractivity contribution in [3.8, 4) is 22.8 Å². The highest BCUT2D eigenvalue weighted by atomic mass is 79.9. The topological polar surface area (TPSA) is 69.0 Å². The third kappa shape index (κ3) is 4.87. The van der Waals surface area contributed by atoms with Crippen LogP contribution >= 0.6 is 27.7 Å². The van der Waals surface area contributed by atoms with Crippen molar-refractivity contribution in [1.29, 1.82) is 0 Å². The predicted octanol–water partition coefficient (Wildman–Crippen LogP) is 5.74. The number of methoxy groups -OCH3 is 1. The summed E-state index contributed by atoms with van der Waals surface area (Å²) in [7, 11) is 1.63. The maximum Gasteiger partial charge on any atom is 0.234 e. The number of hydrogen-bond donors (Lipinski definition) is 1. The van der Waals surface area contributed by atoms with Gasteiger partial charge in [-0.1, -0.05) is 53.7 Å². The highest BCUT2D eigenvalue weighted by molar-refractivity contribution is 9.10. The molecule has 0 fully saturated rings. The third-order valence-electron chi connectivity index (χ3n) is 4.75. The lowest BCUT2D eigenvalue weighted by Gasteiger charge is -2.13. The molecule has 0 aliphatic heterocycles. The number of para-hydroxylation sites is 2. The molecule has 0 saturated carbocycles. The Labute approximate surface area is 199 Å². The van der Waals surface area contributed by atoms with Crippen LogP contribution in [0.5, 0.6) is 5.75 Å². The molecule has 0 aliphatic rings. The summed E-state index contributed by atoms with van der Waals surface area (Å²) in [6, 6.07) is 23.3. The highest BCUT2D eigenvalue weighted by Crippen LogP contribution is 2.33. The van der Waals surface area contributed by atoms with E-state index in [0.29, 0.717) is 16.7 Å². The summed E-state index contributed by atoms with van der Waals surface area (Å²) in [5, 5.41) is 12.4. The smallest absolute Gasteiger partial charge is 0.234 e. The molecule has 0 saturated heterocycles. The number of hydrogen-bond acceptors (Lipinski definition) is 5. The molecule has 3 aromatic carbocycles. The largest absolute Gasteiger partial charge is 0.496 e. The van der Waals surface area contributed by atoms with Crippen molar-refractivity contribution in [3.63, 3.8) is 0 Å². The number of amides is 1. The van der Waals surface area contributed by atoms with E-state index in [9.17, 15) is 4.79 Å². The first kappa shape index (κ1) is 22.1. The highest BCUT2D eigenvalue weighted by Gasteiger charge is 2.20. The molecule has 4 rings (SSSR count). The fourth-order valence-electron chi connectivity index (χ4n) is 3.17. The van der Waals surface area contributed by atoms with E-state index >= 15 is 0 Å². The molecule has 0 radical (unpaired) electrons. The standard InChI is InChI=1S/C24H21BrN4O2S/c1-16-11-13-17(14-12-16)29-23(18-7-3-6-10-21(18)31-2)27-28-24(29)32-15-22(30)26-20-9-5-4-8-19(20)25/h3-14H,15H2,1-2H3,(H,26,30). The Morgan fingerprint density at radius 3 is 2.50 bits per heavy atom. The van der Waals surface area contributed by atoms with Crippen LogP contribution in [0, 0.1) is 6.92 Å². The van der Waals surface area contributed by atoms with Crippen LogP contribution in [0.25, 0.3) is 17.1 Å². The van der Waals surface area contributed by atoms with Gasteiger partial charge in [0.1, 0.15) is 5.75 Å². The lowest BCUT2D eigenvalue weighted by molar-refractivity contribution is -0.113. The fraction of sp³-hybridized carbons (Fsp3) is 0.125. The van der Waals surface area contributed by atoms with E-state index in [4.69, 9.17) is 4.74 Å². The second-order valence-electron chi connectivity index (χ2n) is 6.99. The van der Waals surface area contributed by atoms with Crippen molar-refractivity contribution in [1.82, 2.24) is 14.8 Å². The normalized spacial score (nSPS) is 10.7. The van der Waals surface area contributed by atoms with E-state index in [0.717, 1.165) is 27.0 Å². The van der Waals surface area contributed by atoms with Crippen LogP contribution in [0.3, 0.4) is 0 Å². The number of carbonyl (C=O) groups is 1. The number of anilines is 1. The molecule has 32 heavy (non-hydrogen) atoms. The lowest BCUT2D eigenvalue weighted by Crippen LogP contribution is -2.15. The zero-order valence-corrected chi connectivity index (χ0v) is 20.0. The summed E-state index contributed by atoms with van der Waals surface area (Å²) in [4.78, 5) is 12.6. The SMILES string of the molecule is COc1ccccc1-c1nnc(SCC(=O)Nc2ccccc2Br)n1-c1ccc(C)cc1. The van der Waals surface area contributed by atoms with Crippen LogP contribution in [-0.2, 0) is 4.79 Å². The van der Waals surface area contributed by atoms with Gasteiger partial charge in [-0.3, -0.25) is 9.36 Å². The van der Waals surface area contributed by atoms with Gasteiger partial charge in [0.05, 0.1) is 24.1 Å². The summed E-state index contributed by atoms with van der Waals surface area (Å²) in [5.74, 6) is 1.42. The molecule has 0 aliphatic carbocycles. The van der Waals surface area contributed by atoms with Gasteiger partial charge in [0.2, 0.25) is 5.91 Å². The number of thioether (sulfide) groups is 1. The number of ether oxygens (including phenoxy) is 1. The molecule has 1 heterocycles. The van der Waals surface area contributed by atoms with Crippen molar-refractivity contribution in [2.75, 3.05) is 18.2 Å². The van der Waals surface area contributed by atoms with Gasteiger partial charge >= 0.3 is 0 Å². The average molecular weight is 509 g/mol. The first-order chi connectivity index (χ1) is 15.6. The maximum absolute atomic E-state index is 12.6. The number of aryl methyl sites for hydroxylation is 1. The Hall–Kier alpha value is -3.10. The van der Waals surface area contributed by atoms with Crippen molar-refractivity contribution in [3.05, 3.63) is 82.8 Å². The quantitative estimate of drug-likeness (QED) is 0.322. The van der Waals surface area contributed by atoms with Gasteiger partial charge < -0.3 is 10.1 Å². The predicted molar refractivity (Wildman–Crippen MR) is 132 cm³/mol. The average Bonchev–Trinajstić information content (AvgIpc) is 3.23. The van der Waals surface area contributed by atoms with Crippen LogP contribution < -0.4 is 10.1 Å². The second kappa shape index (κ2) is 10.0. The van der Waals surface area contributed by atoms with E-state index in [1.165, 1.54) is 11.8 Å². The molecule has 8 heteroatoms. The van der Waals surface area contributed by atoms with Crippen LogP contribution in [-0.4, -0.2) is 33.5 Å². The summed E-state index contributed by atoms with van der Waals surface area (Å²) >= 11 is 4.78. The van der Waals surface area contributed by atoms with Crippen molar-refractivity contribution >= 4 is 39.3 Å². The number of nitrogens with one attached hydrogen (secondary N) is 1. The Balaban J connectivity index is 1.65. The Morgan fingerprint density at radius 2 is 1.75 bits per heavy atom. The number of aromatic nitrogens is 3. The van der Waals surface area contributed by atoms with E-state index in [1.807, 2.05) is 84.3 Å². The van der Waals surface area contributed by atoms with Gasteiger partial charge in [0.25, 0.3) is 0 Å². The first-order valence-corrected chi connectivity index (χ1v) is 11.7. The summed E-state index contributed by atoms with van der Waals surface area (Å²) < 4.78 is 8.32. The molecule has 1 N–H and O–H groups in total. The molecule has 1 aromatic heterocycles. The summed E-state index contributed by atoms with van der Waals surface area (Å²) in [5.41, 5.74) is 3.62. The van der Waals surface area contributed by atoms with Crippen molar-refractivity contribution < 1.29 is 9.53 Å². The monoisotopic (exact) mass is 508 g/mol. The number of halogens is 1. The minimum atomic E-state index is -0.126. The molecule has 0 atom stereocenters. The maximum atomic E-state index is 12.6. The lowest BCUT2D eigenvalue weighted by atomic mass is 10.1. The van der Waals surface area contributed by atoms with Crippen LogP contribution in [0.2, 0.25) is 0 Å². The number of nitrogens with zero attached hydrogens (tertiary/aromatic N) is 3. The van der Waals surface area contributed by atoms with Crippen LogP contribution in [0.1, 0.15) is 5.56 Å². The molecule has 0 bridgehead atoms. The van der Waals surface area contributed by atoms with Gasteiger partial charge in [-0.05, 0) is 59.3 Å². The van der Waals surface area contributed by atoms with Crippen LogP contribution in [0.4, 0.5) is 5.69 Å². The Morgan fingerprint density at radius 1 is 1.03 bits per heavy atom. The number of rotatable bonds is 7. The van der Waals surface area contributed by atoms with Gasteiger partial charge in [-0.15, -0.1) is 10.2 Å². The zero-order valence-electron chi connectivity index (χ0n) is 17.6. The van der Waals surface area contributed by atoms with E-state index in [2.05, 4.69) is 31.4 Å². The molecule has 162 valence electrons. The molecule has 1 amide bonds.